The fourth-order valence-electron chi connectivity index (χ4n) is 5.42. The summed E-state index contributed by atoms with van der Waals surface area (Å²) in [5, 5.41) is 0. The Bertz CT molecular complexity index is 976. The van der Waals surface area contributed by atoms with E-state index in [9.17, 15) is 4.39 Å². The highest BCUT2D eigenvalue weighted by Gasteiger charge is 2.47. The number of unbranched alkanes of at least 4 members (excludes halogenated alkanes) is 7. The molecule has 2 aromatic rings. The van der Waals surface area contributed by atoms with Gasteiger partial charge in [0.15, 0.2) is 0 Å². The third-order valence-electron chi connectivity index (χ3n) is 7.63. The van der Waals surface area contributed by atoms with Crippen LogP contribution in [0.1, 0.15) is 115 Å². The Hall–Kier alpha value is -1.98. The zero-order valence-corrected chi connectivity index (χ0v) is 22.2. The van der Waals surface area contributed by atoms with Crippen molar-refractivity contribution in [3.8, 4) is 11.4 Å². The predicted octanol–water partition coefficient (Wildman–Crippen LogP) is 9.59. The van der Waals surface area contributed by atoms with Crippen molar-refractivity contribution in [2.45, 2.75) is 117 Å². The molecule has 2 heterocycles. The highest BCUT2D eigenvalue weighted by atomic mass is 19.3. The standard InChI is InChI=1S/C30H42F4N2/c1-4-6-8-9-10-11-12-14-24-17-15-22-20-26(36-29(32)27(22)30(24,33)34)25-18-16-23(28(31)35-25)19-21(3)13-7-5-2/h16,18,20-21,24H,4-15,17,19H2,1-3H3. The van der Waals surface area contributed by atoms with Crippen LogP contribution in [-0.4, -0.2) is 9.97 Å². The van der Waals surface area contributed by atoms with Crippen LogP contribution in [0, 0.1) is 23.7 Å². The van der Waals surface area contributed by atoms with Gasteiger partial charge in [0.05, 0.1) is 17.0 Å². The van der Waals surface area contributed by atoms with Crippen LogP contribution >= 0.6 is 0 Å². The quantitative estimate of drug-likeness (QED) is 0.145. The number of fused-ring (bicyclic) bond motifs is 1. The normalized spacial score (nSPS) is 17.7. The number of pyridine rings is 2. The molecule has 0 amide bonds. The molecule has 36 heavy (non-hydrogen) atoms. The van der Waals surface area contributed by atoms with Gasteiger partial charge >= 0.3 is 0 Å². The molecule has 1 aliphatic carbocycles. The third kappa shape index (κ3) is 7.29. The van der Waals surface area contributed by atoms with E-state index in [1.807, 2.05) is 0 Å². The average Bonchev–Trinajstić information content (AvgIpc) is 2.84. The van der Waals surface area contributed by atoms with Crippen molar-refractivity contribution in [2.75, 3.05) is 0 Å². The van der Waals surface area contributed by atoms with Crippen molar-refractivity contribution < 1.29 is 17.6 Å². The lowest BCUT2D eigenvalue weighted by molar-refractivity contribution is -0.0824. The first-order valence-electron chi connectivity index (χ1n) is 14.0. The molecule has 0 spiro atoms. The van der Waals surface area contributed by atoms with E-state index in [1.54, 1.807) is 12.1 Å². The van der Waals surface area contributed by atoms with Gasteiger partial charge in [0.2, 0.25) is 11.9 Å². The molecule has 3 rings (SSSR count). The Morgan fingerprint density at radius 2 is 1.56 bits per heavy atom. The molecule has 0 aliphatic heterocycles. The molecule has 2 unspecified atom stereocenters. The monoisotopic (exact) mass is 506 g/mol. The van der Waals surface area contributed by atoms with Gasteiger partial charge in [0, 0.05) is 11.5 Å². The molecule has 0 fully saturated rings. The SMILES string of the molecule is CCCCCCCCCC1CCc2cc(-c3ccc(CC(C)CCCC)c(F)n3)nc(F)c2C1(F)F. The third-order valence-corrected chi connectivity index (χ3v) is 7.63. The zero-order valence-electron chi connectivity index (χ0n) is 22.2. The summed E-state index contributed by atoms with van der Waals surface area (Å²) in [5.41, 5.74) is 0.482. The van der Waals surface area contributed by atoms with Crippen LogP contribution in [0.3, 0.4) is 0 Å². The summed E-state index contributed by atoms with van der Waals surface area (Å²) in [7, 11) is 0. The van der Waals surface area contributed by atoms with Crippen LogP contribution in [0.2, 0.25) is 0 Å². The first kappa shape index (κ1) is 28.6. The largest absolute Gasteiger partial charge is 0.280 e. The number of alkyl halides is 2. The topological polar surface area (TPSA) is 25.8 Å². The summed E-state index contributed by atoms with van der Waals surface area (Å²) in [6.07, 6.45) is 12.4. The van der Waals surface area contributed by atoms with Crippen molar-refractivity contribution in [3.05, 3.63) is 46.8 Å². The van der Waals surface area contributed by atoms with Crippen LogP contribution in [-0.2, 0) is 18.8 Å². The summed E-state index contributed by atoms with van der Waals surface area (Å²) in [5.74, 6) is -5.54. The van der Waals surface area contributed by atoms with Crippen LogP contribution in [0.25, 0.3) is 11.4 Å². The Morgan fingerprint density at radius 3 is 2.25 bits per heavy atom. The lowest BCUT2D eigenvalue weighted by atomic mass is 9.78. The second kappa shape index (κ2) is 13.5. The number of halogens is 4. The highest BCUT2D eigenvalue weighted by molar-refractivity contribution is 5.57. The first-order chi connectivity index (χ1) is 17.3. The molecule has 0 saturated carbocycles. The fraction of sp³-hybridized carbons (Fsp3) is 0.667. The molecular weight excluding hydrogens is 464 g/mol. The number of rotatable bonds is 14. The van der Waals surface area contributed by atoms with Crippen molar-refractivity contribution in [1.29, 1.82) is 0 Å². The Morgan fingerprint density at radius 1 is 0.889 bits per heavy atom. The van der Waals surface area contributed by atoms with Gasteiger partial charge in [0.1, 0.15) is 0 Å². The van der Waals surface area contributed by atoms with Crippen molar-refractivity contribution in [3.63, 3.8) is 0 Å². The molecule has 1 aliphatic rings. The Kier molecular flexibility index (Phi) is 10.7. The predicted molar refractivity (Wildman–Crippen MR) is 138 cm³/mol. The van der Waals surface area contributed by atoms with Crippen molar-refractivity contribution in [2.24, 2.45) is 11.8 Å². The van der Waals surface area contributed by atoms with Crippen molar-refractivity contribution >= 4 is 0 Å². The summed E-state index contributed by atoms with van der Waals surface area (Å²) >= 11 is 0. The maximum atomic E-state index is 15.3. The fourth-order valence-corrected chi connectivity index (χ4v) is 5.42. The summed E-state index contributed by atoms with van der Waals surface area (Å²) in [4.78, 5) is 7.83. The van der Waals surface area contributed by atoms with Gasteiger partial charge in [-0.3, -0.25) is 0 Å². The highest BCUT2D eigenvalue weighted by Crippen LogP contribution is 2.47. The summed E-state index contributed by atoms with van der Waals surface area (Å²) in [6, 6.07) is 4.75. The van der Waals surface area contributed by atoms with Gasteiger partial charge < -0.3 is 0 Å². The smallest absolute Gasteiger partial charge is 0.218 e. The number of nitrogens with zero attached hydrogens (tertiary/aromatic N) is 2. The second-order valence-corrected chi connectivity index (χ2v) is 10.7. The average molecular weight is 507 g/mol. The van der Waals surface area contributed by atoms with E-state index in [0.29, 0.717) is 37.2 Å². The minimum atomic E-state index is -3.25. The second-order valence-electron chi connectivity index (χ2n) is 10.7. The van der Waals surface area contributed by atoms with E-state index < -0.39 is 29.3 Å². The Labute approximate surface area is 214 Å². The van der Waals surface area contributed by atoms with Crippen LogP contribution in [0.5, 0.6) is 0 Å². The van der Waals surface area contributed by atoms with Gasteiger partial charge in [0.25, 0.3) is 5.92 Å². The molecule has 0 aromatic carbocycles. The van der Waals surface area contributed by atoms with E-state index in [2.05, 4.69) is 30.7 Å². The molecule has 2 atom stereocenters. The minimum absolute atomic E-state index is 0.108. The van der Waals surface area contributed by atoms with Gasteiger partial charge in [-0.05, 0) is 49.3 Å². The maximum Gasteiger partial charge on any atom is 0.280 e. The Balaban J connectivity index is 1.68. The van der Waals surface area contributed by atoms with E-state index in [1.165, 1.54) is 25.3 Å². The molecule has 0 bridgehead atoms. The van der Waals surface area contributed by atoms with E-state index >= 15 is 13.2 Å². The van der Waals surface area contributed by atoms with Crippen LogP contribution in [0.15, 0.2) is 18.2 Å². The lowest BCUT2D eigenvalue weighted by Crippen LogP contribution is -2.33. The number of aromatic nitrogens is 2. The number of hydrogen-bond acceptors (Lipinski definition) is 2. The van der Waals surface area contributed by atoms with E-state index in [4.69, 9.17) is 0 Å². The van der Waals surface area contributed by atoms with Gasteiger partial charge in [-0.25, -0.2) is 18.7 Å². The first-order valence-corrected chi connectivity index (χ1v) is 14.0. The lowest BCUT2D eigenvalue weighted by Gasteiger charge is -2.33. The maximum absolute atomic E-state index is 15.3. The molecular formula is C30H42F4N2. The number of aryl methyl sites for hydroxylation is 1. The van der Waals surface area contributed by atoms with Crippen LogP contribution < -0.4 is 0 Å². The van der Waals surface area contributed by atoms with E-state index in [0.717, 1.165) is 44.9 Å². The zero-order chi connectivity index (χ0) is 26.1. The number of hydrogen-bond donors (Lipinski definition) is 0. The molecule has 2 nitrogen and oxygen atoms in total. The summed E-state index contributed by atoms with van der Waals surface area (Å²) in [6.45, 7) is 6.38. The van der Waals surface area contributed by atoms with Gasteiger partial charge in [-0.15, -0.1) is 0 Å². The molecule has 0 N–H and O–H groups in total. The van der Waals surface area contributed by atoms with Crippen molar-refractivity contribution in [1.82, 2.24) is 9.97 Å². The van der Waals surface area contributed by atoms with Crippen LogP contribution in [0.4, 0.5) is 17.6 Å². The molecule has 6 heteroatoms. The van der Waals surface area contributed by atoms with Gasteiger partial charge in [-0.2, -0.15) is 8.78 Å². The molecule has 0 saturated heterocycles. The summed E-state index contributed by atoms with van der Waals surface area (Å²) < 4.78 is 60.3. The van der Waals surface area contributed by atoms with Gasteiger partial charge in [-0.1, -0.05) is 91.0 Å². The molecule has 0 radical (unpaired) electrons. The molecule has 2 aromatic heterocycles. The van der Waals surface area contributed by atoms with E-state index in [-0.39, 0.29) is 17.0 Å². The molecule has 200 valence electrons. The minimum Gasteiger partial charge on any atom is -0.218 e.